The molecule has 1 aliphatic heterocycles. The lowest BCUT2D eigenvalue weighted by atomic mass is 10.1. The van der Waals surface area contributed by atoms with Gasteiger partial charge in [0.25, 0.3) is 0 Å². The maximum atomic E-state index is 5.45. The molecule has 0 unspecified atom stereocenters. The Labute approximate surface area is 139 Å². The van der Waals surface area contributed by atoms with Gasteiger partial charge >= 0.3 is 0 Å². The van der Waals surface area contributed by atoms with Crippen LogP contribution >= 0.6 is 0 Å². The number of fused-ring (bicyclic) bond motifs is 2. The van der Waals surface area contributed by atoms with Crippen molar-refractivity contribution < 1.29 is 9.47 Å². The zero-order valence-electron chi connectivity index (χ0n) is 14.0. The van der Waals surface area contributed by atoms with E-state index in [-0.39, 0.29) is 0 Å². The van der Waals surface area contributed by atoms with E-state index in [0.29, 0.717) is 11.5 Å². The van der Waals surface area contributed by atoms with Crippen molar-refractivity contribution in [3.8, 4) is 11.5 Å². The SMILES string of the molecule is COc1cc2nccc(N3CCn4c(C)nnc4C3)c2cc1OC. The summed E-state index contributed by atoms with van der Waals surface area (Å²) in [4.78, 5) is 6.78. The maximum absolute atomic E-state index is 5.45. The van der Waals surface area contributed by atoms with Crippen molar-refractivity contribution >= 4 is 16.6 Å². The van der Waals surface area contributed by atoms with Gasteiger partial charge in [0.05, 0.1) is 26.3 Å². The monoisotopic (exact) mass is 325 g/mol. The fraction of sp³-hybridized carbons (Fsp3) is 0.353. The lowest BCUT2D eigenvalue weighted by Gasteiger charge is -2.30. The van der Waals surface area contributed by atoms with E-state index in [0.717, 1.165) is 47.9 Å². The molecule has 7 heteroatoms. The molecule has 0 saturated carbocycles. The average Bonchev–Trinajstić information content (AvgIpc) is 3.00. The van der Waals surface area contributed by atoms with Crippen LogP contribution < -0.4 is 14.4 Å². The zero-order chi connectivity index (χ0) is 16.7. The van der Waals surface area contributed by atoms with E-state index in [2.05, 4.69) is 24.6 Å². The Morgan fingerprint density at radius 3 is 2.62 bits per heavy atom. The smallest absolute Gasteiger partial charge is 0.162 e. The third-order valence-corrected chi connectivity index (χ3v) is 4.50. The predicted molar refractivity (Wildman–Crippen MR) is 90.7 cm³/mol. The van der Waals surface area contributed by atoms with E-state index >= 15 is 0 Å². The summed E-state index contributed by atoms with van der Waals surface area (Å²) in [7, 11) is 3.28. The fourth-order valence-electron chi connectivity index (χ4n) is 3.24. The van der Waals surface area contributed by atoms with Gasteiger partial charge in [-0.3, -0.25) is 4.98 Å². The molecule has 0 N–H and O–H groups in total. The molecule has 0 radical (unpaired) electrons. The van der Waals surface area contributed by atoms with Crippen molar-refractivity contribution in [1.82, 2.24) is 19.7 Å². The van der Waals surface area contributed by atoms with Gasteiger partial charge in [0.15, 0.2) is 17.3 Å². The molecule has 0 aliphatic carbocycles. The van der Waals surface area contributed by atoms with Crippen LogP contribution in [0.15, 0.2) is 24.4 Å². The van der Waals surface area contributed by atoms with Gasteiger partial charge in [-0.15, -0.1) is 10.2 Å². The number of aryl methyl sites for hydroxylation is 1. The maximum Gasteiger partial charge on any atom is 0.162 e. The van der Waals surface area contributed by atoms with Crippen molar-refractivity contribution in [2.24, 2.45) is 0 Å². The number of ether oxygens (including phenoxy) is 2. The first-order valence-electron chi connectivity index (χ1n) is 7.85. The summed E-state index contributed by atoms with van der Waals surface area (Å²) >= 11 is 0. The number of methoxy groups -OCH3 is 2. The number of rotatable bonds is 3. The van der Waals surface area contributed by atoms with Crippen molar-refractivity contribution in [2.45, 2.75) is 20.0 Å². The highest BCUT2D eigenvalue weighted by molar-refractivity contribution is 5.94. The van der Waals surface area contributed by atoms with Gasteiger partial charge in [-0.25, -0.2) is 0 Å². The van der Waals surface area contributed by atoms with Gasteiger partial charge in [0.1, 0.15) is 5.82 Å². The Hall–Kier alpha value is -2.83. The van der Waals surface area contributed by atoms with Gasteiger partial charge in [-0.1, -0.05) is 0 Å². The molecule has 2 aromatic heterocycles. The molecule has 1 aromatic carbocycles. The van der Waals surface area contributed by atoms with Crippen LogP contribution in [0.4, 0.5) is 5.69 Å². The lowest BCUT2D eigenvalue weighted by Crippen LogP contribution is -2.34. The summed E-state index contributed by atoms with van der Waals surface area (Å²) in [5, 5.41) is 9.50. The minimum Gasteiger partial charge on any atom is -0.493 e. The highest BCUT2D eigenvalue weighted by Gasteiger charge is 2.22. The summed E-state index contributed by atoms with van der Waals surface area (Å²) in [6.07, 6.45) is 1.83. The van der Waals surface area contributed by atoms with Crippen LogP contribution in [-0.4, -0.2) is 40.5 Å². The molecule has 7 nitrogen and oxygen atoms in total. The third kappa shape index (κ3) is 2.24. The van der Waals surface area contributed by atoms with E-state index in [1.54, 1.807) is 14.2 Å². The molecule has 0 saturated heterocycles. The van der Waals surface area contributed by atoms with Crippen molar-refractivity contribution in [3.63, 3.8) is 0 Å². The molecule has 0 atom stereocenters. The highest BCUT2D eigenvalue weighted by Crippen LogP contribution is 2.36. The van der Waals surface area contributed by atoms with E-state index < -0.39 is 0 Å². The molecule has 0 bridgehead atoms. The third-order valence-electron chi connectivity index (χ3n) is 4.50. The van der Waals surface area contributed by atoms with E-state index in [4.69, 9.17) is 9.47 Å². The largest absolute Gasteiger partial charge is 0.493 e. The second-order valence-electron chi connectivity index (χ2n) is 5.79. The summed E-state index contributed by atoms with van der Waals surface area (Å²) < 4.78 is 13.0. The second kappa shape index (κ2) is 5.67. The number of pyridine rings is 1. The molecule has 3 aromatic rings. The van der Waals surface area contributed by atoms with Crippen LogP contribution in [0.3, 0.4) is 0 Å². The van der Waals surface area contributed by atoms with Crippen molar-refractivity contribution in [2.75, 3.05) is 25.7 Å². The first kappa shape index (κ1) is 14.7. The zero-order valence-corrected chi connectivity index (χ0v) is 14.0. The number of anilines is 1. The average molecular weight is 325 g/mol. The van der Waals surface area contributed by atoms with Crippen LogP contribution in [0.2, 0.25) is 0 Å². The predicted octanol–water partition coefficient (Wildman–Crippen LogP) is 2.17. The summed E-state index contributed by atoms with van der Waals surface area (Å²) in [6, 6.07) is 5.93. The quantitative estimate of drug-likeness (QED) is 0.735. The van der Waals surface area contributed by atoms with Gasteiger partial charge in [-0.05, 0) is 19.1 Å². The normalized spacial score (nSPS) is 13.9. The first-order valence-corrected chi connectivity index (χ1v) is 7.85. The molecular weight excluding hydrogens is 306 g/mol. The fourth-order valence-corrected chi connectivity index (χ4v) is 3.24. The highest BCUT2D eigenvalue weighted by atomic mass is 16.5. The Morgan fingerprint density at radius 1 is 1.04 bits per heavy atom. The van der Waals surface area contributed by atoms with Crippen molar-refractivity contribution in [3.05, 3.63) is 36.0 Å². The lowest BCUT2D eigenvalue weighted by molar-refractivity contribution is 0.356. The molecule has 24 heavy (non-hydrogen) atoms. The minimum absolute atomic E-state index is 0.684. The molecule has 4 rings (SSSR count). The molecule has 0 amide bonds. The molecule has 0 spiro atoms. The molecule has 0 fully saturated rings. The molecule has 124 valence electrons. The summed E-state index contributed by atoms with van der Waals surface area (Å²) in [5.41, 5.74) is 2.00. The minimum atomic E-state index is 0.684. The Kier molecular flexibility index (Phi) is 3.48. The van der Waals surface area contributed by atoms with Crippen LogP contribution in [0.25, 0.3) is 10.9 Å². The topological polar surface area (TPSA) is 65.3 Å². The van der Waals surface area contributed by atoms with Gasteiger partial charge in [0.2, 0.25) is 0 Å². The Morgan fingerprint density at radius 2 is 1.83 bits per heavy atom. The van der Waals surface area contributed by atoms with Crippen molar-refractivity contribution in [1.29, 1.82) is 0 Å². The van der Waals surface area contributed by atoms with Gasteiger partial charge in [-0.2, -0.15) is 0 Å². The van der Waals surface area contributed by atoms with Gasteiger partial charge in [0, 0.05) is 36.4 Å². The van der Waals surface area contributed by atoms with Crippen LogP contribution in [0.1, 0.15) is 11.6 Å². The van der Waals surface area contributed by atoms with Crippen LogP contribution in [0.5, 0.6) is 11.5 Å². The van der Waals surface area contributed by atoms with Gasteiger partial charge < -0.3 is 18.9 Å². The first-order chi connectivity index (χ1) is 11.7. The Bertz CT molecular complexity index is 905. The Balaban J connectivity index is 1.79. The number of hydrogen-bond donors (Lipinski definition) is 0. The molecule has 3 heterocycles. The number of benzene rings is 1. The molecule has 1 aliphatic rings. The van der Waals surface area contributed by atoms with Crippen LogP contribution in [0, 0.1) is 6.92 Å². The summed E-state index contributed by atoms with van der Waals surface area (Å²) in [6.45, 7) is 4.50. The molecular formula is C17H19N5O2. The number of aromatic nitrogens is 4. The summed E-state index contributed by atoms with van der Waals surface area (Å²) in [5.74, 6) is 3.35. The van der Waals surface area contributed by atoms with E-state index in [9.17, 15) is 0 Å². The number of nitrogens with zero attached hydrogens (tertiary/aromatic N) is 5. The van der Waals surface area contributed by atoms with Crippen LogP contribution in [-0.2, 0) is 13.1 Å². The van der Waals surface area contributed by atoms with E-state index in [1.807, 2.05) is 31.3 Å². The number of hydrogen-bond acceptors (Lipinski definition) is 6. The standard InChI is InChI=1S/C17H19N5O2/c1-11-19-20-17-10-21(6-7-22(11)17)14-4-5-18-13-9-16(24-3)15(23-2)8-12(13)14/h4-5,8-9H,6-7,10H2,1-3H3. The second-order valence-corrected chi connectivity index (χ2v) is 5.79. The van der Waals surface area contributed by atoms with E-state index in [1.165, 1.54) is 0 Å².